The third-order valence-corrected chi connectivity index (χ3v) is 5.16. The number of aromatic nitrogens is 1. The lowest BCUT2D eigenvalue weighted by Gasteiger charge is -2.40. The molecule has 9 heteroatoms. The van der Waals surface area contributed by atoms with E-state index in [2.05, 4.69) is 10.3 Å². The highest BCUT2D eigenvalue weighted by atomic mass is 32.2. The lowest BCUT2D eigenvalue weighted by Crippen LogP contribution is -2.56. The van der Waals surface area contributed by atoms with E-state index < -0.39 is 5.91 Å². The number of Topliss-reactive ketones (excluding diaryl/α,β-unsaturated/α-hetero) is 1. The predicted octanol–water partition coefficient (Wildman–Crippen LogP) is 3.32. The second-order valence-electron chi connectivity index (χ2n) is 6.46. The minimum atomic E-state index is -0.420. The number of rotatable bonds is 6. The van der Waals surface area contributed by atoms with Crippen LogP contribution in [0.2, 0.25) is 0 Å². The van der Waals surface area contributed by atoms with Crippen molar-refractivity contribution in [3.63, 3.8) is 0 Å². The van der Waals surface area contributed by atoms with Crippen molar-refractivity contribution in [3.8, 4) is 6.07 Å². The van der Waals surface area contributed by atoms with Gasteiger partial charge in [0, 0.05) is 12.2 Å². The van der Waals surface area contributed by atoms with E-state index in [-0.39, 0.29) is 29.4 Å². The predicted molar refractivity (Wildman–Crippen MR) is 114 cm³/mol. The molecule has 1 aliphatic rings. The zero-order chi connectivity index (χ0) is 21.7. The lowest BCUT2D eigenvalue weighted by molar-refractivity contribution is -0.133. The fourth-order valence-corrected chi connectivity index (χ4v) is 3.66. The van der Waals surface area contributed by atoms with Gasteiger partial charge in [-0.1, -0.05) is 6.92 Å². The summed E-state index contributed by atoms with van der Waals surface area (Å²) in [5, 5.41) is 15.5. The van der Waals surface area contributed by atoms with Gasteiger partial charge in [-0.3, -0.25) is 14.6 Å². The fourth-order valence-electron chi connectivity index (χ4n) is 3.03. The van der Waals surface area contributed by atoms with Crippen molar-refractivity contribution >= 4 is 34.8 Å². The molecule has 3 rings (SSSR count). The Hall–Kier alpha value is -3.38. The Kier molecular flexibility index (Phi) is 6.69. The molecule has 0 unspecified atom stereocenters. The van der Waals surface area contributed by atoms with Crippen molar-refractivity contribution < 1.29 is 14.0 Å². The molecular formula is C21H20FN5O2S. The number of nitrogens with zero attached hydrogens (tertiary/aromatic N) is 4. The summed E-state index contributed by atoms with van der Waals surface area (Å²) >= 11 is 1.24. The third kappa shape index (κ3) is 4.44. The second-order valence-corrected chi connectivity index (χ2v) is 7.28. The van der Waals surface area contributed by atoms with Gasteiger partial charge in [0.2, 0.25) is 0 Å². The van der Waals surface area contributed by atoms with E-state index in [0.29, 0.717) is 29.4 Å². The summed E-state index contributed by atoms with van der Waals surface area (Å²) in [4.78, 5) is 30.3. The third-order valence-electron chi connectivity index (χ3n) is 4.44. The molecule has 1 amide bonds. The molecule has 1 saturated heterocycles. The van der Waals surface area contributed by atoms with Gasteiger partial charge in [0.25, 0.3) is 5.91 Å². The van der Waals surface area contributed by atoms with Gasteiger partial charge in [-0.15, -0.1) is 11.8 Å². The zero-order valence-electron chi connectivity index (χ0n) is 16.6. The Morgan fingerprint density at radius 2 is 2.00 bits per heavy atom. The van der Waals surface area contributed by atoms with Crippen LogP contribution in [-0.2, 0) is 9.59 Å². The summed E-state index contributed by atoms with van der Waals surface area (Å²) in [6, 6.07) is 10.9. The van der Waals surface area contributed by atoms with Crippen LogP contribution in [0.3, 0.4) is 0 Å². The molecule has 1 fully saturated rings. The van der Waals surface area contributed by atoms with Gasteiger partial charge in [0.05, 0.1) is 16.9 Å². The molecule has 1 aromatic heterocycles. The fraction of sp³-hybridized carbons (Fsp3) is 0.238. The molecule has 154 valence electrons. The van der Waals surface area contributed by atoms with Gasteiger partial charge >= 0.3 is 0 Å². The molecule has 0 saturated carbocycles. The van der Waals surface area contributed by atoms with Crippen molar-refractivity contribution in [2.45, 2.75) is 13.3 Å². The number of carbonyl (C=O) groups is 2. The molecule has 1 aliphatic heterocycles. The second kappa shape index (κ2) is 9.41. The van der Waals surface area contributed by atoms with Crippen molar-refractivity contribution in [1.82, 2.24) is 9.99 Å². The lowest BCUT2D eigenvalue weighted by atomic mass is 10.1. The summed E-state index contributed by atoms with van der Waals surface area (Å²) in [7, 11) is 0. The van der Waals surface area contributed by atoms with Crippen LogP contribution < -0.4 is 10.3 Å². The Labute approximate surface area is 178 Å². The van der Waals surface area contributed by atoms with E-state index in [4.69, 9.17) is 5.26 Å². The number of anilines is 2. The van der Waals surface area contributed by atoms with E-state index in [1.807, 2.05) is 13.0 Å². The van der Waals surface area contributed by atoms with E-state index in [1.165, 1.54) is 35.1 Å². The average Bonchev–Trinajstić information content (AvgIpc) is 2.76. The first-order chi connectivity index (χ1) is 14.5. The number of amides is 1. The Morgan fingerprint density at radius 1 is 1.27 bits per heavy atom. The summed E-state index contributed by atoms with van der Waals surface area (Å²) in [6.07, 6.45) is 3.93. The summed E-state index contributed by atoms with van der Waals surface area (Å²) in [5.41, 5.74) is 1.46. The molecule has 2 aromatic rings. The maximum atomic E-state index is 13.3. The van der Waals surface area contributed by atoms with E-state index in [0.717, 1.165) is 0 Å². The molecule has 7 nitrogen and oxygen atoms in total. The van der Waals surface area contributed by atoms with Crippen molar-refractivity contribution in [2.75, 3.05) is 29.7 Å². The first-order valence-corrected chi connectivity index (χ1v) is 10.5. The first kappa shape index (κ1) is 21.3. The standard InChI is InChI=1S/C21H20FN5O2S/c1-3-10-26-21(29)19(20(30-2)25-15-6-4-14(22)5-7-15)18(28)13-27(26)17-9-8-16(11-23)24-12-17/h4-9,12,25H,3,10,13H2,1-2H3. The summed E-state index contributed by atoms with van der Waals surface area (Å²) < 4.78 is 13.2. The number of nitriles is 1. The van der Waals surface area contributed by atoms with Gasteiger partial charge in [0.1, 0.15) is 29.7 Å². The van der Waals surface area contributed by atoms with Gasteiger partial charge in [0.15, 0.2) is 5.78 Å². The number of thioether (sulfide) groups is 1. The Balaban J connectivity index is 1.96. The number of hydrazine groups is 1. The molecule has 2 heterocycles. The molecular weight excluding hydrogens is 405 g/mol. The number of hydrogen-bond acceptors (Lipinski definition) is 7. The number of halogens is 1. The molecule has 0 aliphatic carbocycles. The number of carbonyl (C=O) groups excluding carboxylic acids is 2. The maximum absolute atomic E-state index is 13.3. The highest BCUT2D eigenvalue weighted by Gasteiger charge is 2.37. The van der Waals surface area contributed by atoms with Crippen LogP contribution in [0.25, 0.3) is 0 Å². The minimum absolute atomic E-state index is 0.0379. The molecule has 0 spiro atoms. The molecule has 1 N–H and O–H groups in total. The normalized spacial score (nSPS) is 15.8. The largest absolute Gasteiger partial charge is 0.349 e. The topological polar surface area (TPSA) is 89.3 Å². The number of pyridine rings is 1. The molecule has 0 bridgehead atoms. The SMILES string of the molecule is CCCN1C(=O)C(=C(Nc2ccc(F)cc2)SC)C(=O)CN1c1ccc(C#N)nc1. The van der Waals surface area contributed by atoms with E-state index in [9.17, 15) is 14.0 Å². The molecule has 0 radical (unpaired) electrons. The van der Waals surface area contributed by atoms with Gasteiger partial charge in [-0.2, -0.15) is 5.26 Å². The van der Waals surface area contributed by atoms with Crippen molar-refractivity contribution in [2.24, 2.45) is 0 Å². The van der Waals surface area contributed by atoms with Crippen LogP contribution in [0.1, 0.15) is 19.0 Å². The number of hydrogen-bond donors (Lipinski definition) is 1. The molecule has 0 atom stereocenters. The zero-order valence-corrected chi connectivity index (χ0v) is 17.4. The monoisotopic (exact) mass is 425 g/mol. The van der Waals surface area contributed by atoms with Crippen LogP contribution in [0.5, 0.6) is 0 Å². The number of benzene rings is 1. The smallest absolute Gasteiger partial charge is 0.278 e. The van der Waals surface area contributed by atoms with Crippen LogP contribution in [0.4, 0.5) is 15.8 Å². The van der Waals surface area contributed by atoms with E-state index in [1.54, 1.807) is 35.5 Å². The van der Waals surface area contributed by atoms with Crippen molar-refractivity contribution in [3.05, 3.63) is 64.7 Å². The van der Waals surface area contributed by atoms with Gasteiger partial charge < -0.3 is 5.32 Å². The molecule has 30 heavy (non-hydrogen) atoms. The highest BCUT2D eigenvalue weighted by molar-refractivity contribution is 8.02. The van der Waals surface area contributed by atoms with Crippen LogP contribution in [0.15, 0.2) is 53.2 Å². The van der Waals surface area contributed by atoms with Crippen LogP contribution in [-0.4, -0.2) is 41.0 Å². The van der Waals surface area contributed by atoms with E-state index >= 15 is 0 Å². The molecule has 1 aromatic carbocycles. The quantitative estimate of drug-likeness (QED) is 0.561. The maximum Gasteiger partial charge on any atom is 0.278 e. The van der Waals surface area contributed by atoms with Crippen molar-refractivity contribution in [1.29, 1.82) is 5.26 Å². The minimum Gasteiger partial charge on any atom is -0.349 e. The van der Waals surface area contributed by atoms with Crippen LogP contribution in [0, 0.1) is 17.1 Å². The van der Waals surface area contributed by atoms with Crippen LogP contribution >= 0.6 is 11.8 Å². The summed E-state index contributed by atoms with van der Waals surface area (Å²) in [6.45, 7) is 2.31. The highest BCUT2D eigenvalue weighted by Crippen LogP contribution is 2.28. The summed E-state index contributed by atoms with van der Waals surface area (Å²) in [5.74, 6) is -1.13. The van der Waals surface area contributed by atoms with Gasteiger partial charge in [-0.05, 0) is 49.1 Å². The first-order valence-electron chi connectivity index (χ1n) is 9.28. The van der Waals surface area contributed by atoms with Gasteiger partial charge in [-0.25, -0.2) is 14.4 Å². The Morgan fingerprint density at radius 3 is 2.57 bits per heavy atom. The number of ketones is 1. The Bertz CT molecular complexity index is 1020. The average molecular weight is 425 g/mol. The number of nitrogens with one attached hydrogen (secondary N) is 1.